The van der Waals surface area contributed by atoms with Crippen molar-refractivity contribution in [3.8, 4) is 11.4 Å². The van der Waals surface area contributed by atoms with Crippen molar-refractivity contribution in [3.05, 3.63) is 41.9 Å². The van der Waals surface area contributed by atoms with Crippen LogP contribution in [0.5, 0.6) is 0 Å². The highest BCUT2D eigenvalue weighted by atomic mass is 32.2. The van der Waals surface area contributed by atoms with Gasteiger partial charge in [0, 0.05) is 47.7 Å². The first kappa shape index (κ1) is 26.6. The topological polar surface area (TPSA) is 112 Å². The van der Waals surface area contributed by atoms with Crippen molar-refractivity contribution in [2.75, 3.05) is 29.9 Å². The quantitative estimate of drug-likeness (QED) is 0.582. The molecule has 0 atom stereocenters. The molecule has 8 nitrogen and oxygen atoms in total. The number of rotatable bonds is 6. The predicted octanol–water partition coefficient (Wildman–Crippen LogP) is 4.71. The molecule has 2 fully saturated rings. The zero-order valence-electron chi connectivity index (χ0n) is 20.4. The van der Waals surface area contributed by atoms with Gasteiger partial charge in [-0.25, -0.2) is 8.42 Å². The maximum absolute atomic E-state index is 11.4. The number of allylic oxidation sites excluding steroid dienone is 1. The second-order valence-corrected chi connectivity index (χ2v) is 9.97. The van der Waals surface area contributed by atoms with Crippen molar-refractivity contribution < 1.29 is 12.9 Å². The molecule has 0 unspecified atom stereocenters. The molecule has 2 saturated heterocycles. The molecule has 0 bridgehead atoms. The molecule has 0 aliphatic carbocycles. The second kappa shape index (κ2) is 12.0. The van der Waals surface area contributed by atoms with Crippen molar-refractivity contribution in [2.45, 2.75) is 59.4 Å². The van der Waals surface area contributed by atoms with Gasteiger partial charge in [-0.15, -0.1) is 0 Å². The van der Waals surface area contributed by atoms with E-state index in [0.29, 0.717) is 23.0 Å². The lowest BCUT2D eigenvalue weighted by molar-refractivity contribution is 0.234. The fourth-order valence-electron chi connectivity index (χ4n) is 3.84. The van der Waals surface area contributed by atoms with Crippen LogP contribution in [0, 0.1) is 5.41 Å². The lowest BCUT2D eigenvalue weighted by Gasteiger charge is -2.32. The standard InChI is InChI=1S/C20H25N5O3S.2C2H6/c1-13(2)25-7-5-14(6-8-25)20-23-19(24-28-20)15-3-4-16(10-21)18(9-15)22-17-11-29(26,27)12-17;2*1-2/h3-4,9-10,14,17,21-22H,1,5-8,11-12H2,2H3;2*1-2H3. The summed E-state index contributed by atoms with van der Waals surface area (Å²) >= 11 is 0. The maximum atomic E-state index is 11.4. The average Bonchev–Trinajstić information content (AvgIpc) is 3.31. The summed E-state index contributed by atoms with van der Waals surface area (Å²) in [4.78, 5) is 6.87. The summed E-state index contributed by atoms with van der Waals surface area (Å²) in [6.45, 7) is 15.9. The van der Waals surface area contributed by atoms with Crippen LogP contribution in [0.2, 0.25) is 0 Å². The van der Waals surface area contributed by atoms with Crippen LogP contribution >= 0.6 is 0 Å². The zero-order chi connectivity index (χ0) is 24.6. The van der Waals surface area contributed by atoms with Gasteiger partial charge in [0.25, 0.3) is 0 Å². The summed E-state index contributed by atoms with van der Waals surface area (Å²) in [6.07, 6.45) is 3.14. The van der Waals surface area contributed by atoms with E-state index in [1.807, 2.05) is 46.8 Å². The van der Waals surface area contributed by atoms with Crippen LogP contribution in [0.25, 0.3) is 11.4 Å². The minimum atomic E-state index is -2.92. The number of sulfone groups is 1. The molecule has 0 radical (unpaired) electrons. The zero-order valence-corrected chi connectivity index (χ0v) is 21.2. The molecule has 9 heteroatoms. The van der Waals surface area contributed by atoms with E-state index in [9.17, 15) is 8.42 Å². The number of nitrogens with one attached hydrogen (secondary N) is 2. The molecule has 0 saturated carbocycles. The molecule has 3 heterocycles. The Morgan fingerprint density at radius 2 is 1.85 bits per heavy atom. The lowest BCUT2D eigenvalue weighted by atomic mass is 9.96. The molecule has 1 aromatic heterocycles. The van der Waals surface area contributed by atoms with E-state index in [4.69, 9.17) is 9.93 Å². The minimum absolute atomic E-state index is 0.115. The van der Waals surface area contributed by atoms with Gasteiger partial charge in [-0.2, -0.15) is 4.98 Å². The van der Waals surface area contributed by atoms with Gasteiger partial charge in [0.1, 0.15) is 0 Å². The molecule has 1 aromatic carbocycles. The Bertz CT molecular complexity index is 1030. The Morgan fingerprint density at radius 1 is 1.21 bits per heavy atom. The monoisotopic (exact) mass is 475 g/mol. The molecule has 2 aliphatic rings. The second-order valence-electron chi connectivity index (χ2n) is 7.82. The molecular weight excluding hydrogens is 438 g/mol. The van der Waals surface area contributed by atoms with E-state index >= 15 is 0 Å². The largest absolute Gasteiger partial charge is 0.380 e. The molecule has 182 valence electrons. The highest BCUT2D eigenvalue weighted by molar-refractivity contribution is 7.92. The molecule has 0 spiro atoms. The van der Waals surface area contributed by atoms with E-state index in [0.717, 1.165) is 37.2 Å². The summed E-state index contributed by atoms with van der Waals surface area (Å²) in [5.74, 6) is 1.62. The van der Waals surface area contributed by atoms with Crippen LogP contribution in [-0.2, 0) is 9.84 Å². The first-order valence-electron chi connectivity index (χ1n) is 11.7. The molecule has 2 aromatic rings. The molecule has 2 N–H and O–H groups in total. The van der Waals surface area contributed by atoms with E-state index < -0.39 is 9.84 Å². The molecule has 33 heavy (non-hydrogen) atoms. The third-order valence-electron chi connectivity index (χ3n) is 5.56. The maximum Gasteiger partial charge on any atom is 0.230 e. The molecular formula is C24H37N5O3S. The highest BCUT2D eigenvalue weighted by Crippen LogP contribution is 2.31. The van der Waals surface area contributed by atoms with Crippen molar-refractivity contribution in [2.24, 2.45) is 0 Å². The SMILES string of the molecule is C=C(C)N1CCC(c2nc(-c3ccc(C=N)c(NC4CS(=O)(=O)C4)c3)no2)CC1.CC.CC. The van der Waals surface area contributed by atoms with Crippen molar-refractivity contribution in [3.63, 3.8) is 0 Å². The lowest BCUT2D eigenvalue weighted by Crippen LogP contribution is -2.46. The fraction of sp³-hybridized carbons (Fsp3) is 0.542. The molecule has 0 amide bonds. The Morgan fingerprint density at radius 3 is 2.39 bits per heavy atom. The number of aromatic nitrogens is 2. The molecule has 2 aliphatic heterocycles. The van der Waals surface area contributed by atoms with Crippen LogP contribution in [0.15, 0.2) is 35.0 Å². The van der Waals surface area contributed by atoms with Gasteiger partial charge in [-0.1, -0.05) is 51.6 Å². The van der Waals surface area contributed by atoms with Gasteiger partial charge in [0.2, 0.25) is 11.7 Å². The fourth-order valence-corrected chi connectivity index (χ4v) is 5.14. The van der Waals surface area contributed by atoms with E-state index in [1.54, 1.807) is 6.07 Å². The molecule has 4 rings (SSSR count). The summed E-state index contributed by atoms with van der Waals surface area (Å²) < 4.78 is 28.4. The Hall–Kier alpha value is -2.68. The number of anilines is 1. The summed E-state index contributed by atoms with van der Waals surface area (Å²) in [5, 5.41) is 15.0. The Labute approximate surface area is 197 Å². The Balaban J connectivity index is 0.000000914. The van der Waals surface area contributed by atoms with Gasteiger partial charge in [-0.05, 0) is 25.8 Å². The van der Waals surface area contributed by atoms with Crippen LogP contribution in [0.1, 0.15) is 64.8 Å². The number of nitrogens with zero attached hydrogens (tertiary/aromatic N) is 3. The number of benzene rings is 1. The van der Waals surface area contributed by atoms with Crippen molar-refractivity contribution >= 4 is 21.7 Å². The average molecular weight is 476 g/mol. The van der Waals surface area contributed by atoms with Gasteiger partial charge < -0.3 is 20.1 Å². The van der Waals surface area contributed by atoms with E-state index in [1.165, 1.54) is 6.21 Å². The van der Waals surface area contributed by atoms with Gasteiger partial charge in [0.15, 0.2) is 9.84 Å². The van der Waals surface area contributed by atoms with Crippen LogP contribution in [0.4, 0.5) is 5.69 Å². The van der Waals surface area contributed by atoms with Gasteiger partial charge in [-0.3, -0.25) is 0 Å². The number of piperidine rings is 1. The first-order valence-corrected chi connectivity index (χ1v) is 13.5. The normalized spacial score (nSPS) is 17.5. The predicted molar refractivity (Wildman–Crippen MR) is 135 cm³/mol. The first-order chi connectivity index (χ1) is 15.8. The van der Waals surface area contributed by atoms with E-state index in [2.05, 4.69) is 26.9 Å². The smallest absolute Gasteiger partial charge is 0.230 e. The minimum Gasteiger partial charge on any atom is -0.380 e. The van der Waals surface area contributed by atoms with E-state index in [-0.39, 0.29) is 23.5 Å². The number of likely N-dealkylation sites (tertiary alicyclic amines) is 1. The summed E-state index contributed by atoms with van der Waals surface area (Å²) in [6, 6.07) is 5.37. The van der Waals surface area contributed by atoms with Crippen LogP contribution in [-0.4, -0.2) is 60.3 Å². The van der Waals surface area contributed by atoms with Crippen molar-refractivity contribution in [1.82, 2.24) is 15.0 Å². The van der Waals surface area contributed by atoms with Gasteiger partial charge >= 0.3 is 0 Å². The number of hydrogen-bond donors (Lipinski definition) is 2. The third-order valence-corrected chi connectivity index (χ3v) is 7.38. The number of hydrogen-bond acceptors (Lipinski definition) is 8. The highest BCUT2D eigenvalue weighted by Gasteiger charge is 2.33. The van der Waals surface area contributed by atoms with Gasteiger partial charge in [0.05, 0.1) is 17.5 Å². The Kier molecular flexibility index (Phi) is 9.64. The van der Waals surface area contributed by atoms with Crippen molar-refractivity contribution in [1.29, 1.82) is 5.41 Å². The summed E-state index contributed by atoms with van der Waals surface area (Å²) in [7, 11) is -2.92. The summed E-state index contributed by atoms with van der Waals surface area (Å²) in [5.41, 5.74) is 3.25. The van der Waals surface area contributed by atoms with Crippen LogP contribution in [0.3, 0.4) is 0 Å². The van der Waals surface area contributed by atoms with Crippen LogP contribution < -0.4 is 5.32 Å². The third kappa shape index (κ3) is 6.66.